The van der Waals surface area contributed by atoms with Gasteiger partial charge < -0.3 is 5.32 Å². The lowest BCUT2D eigenvalue weighted by Crippen LogP contribution is -2.59. The van der Waals surface area contributed by atoms with Crippen molar-refractivity contribution in [3.8, 4) is 0 Å². The van der Waals surface area contributed by atoms with Gasteiger partial charge in [-0.25, -0.2) is 4.79 Å². The molecule has 2 rings (SSSR count). The van der Waals surface area contributed by atoms with Crippen molar-refractivity contribution >= 4 is 5.97 Å². The summed E-state index contributed by atoms with van der Waals surface area (Å²) in [5.74, 6) is -0.445. The number of hydrogen-bond acceptors (Lipinski definition) is 4. The van der Waals surface area contributed by atoms with Crippen molar-refractivity contribution in [1.82, 2.24) is 5.32 Å². The number of benzene rings is 1. The summed E-state index contributed by atoms with van der Waals surface area (Å²) in [5.41, 5.74) is 0.428. The summed E-state index contributed by atoms with van der Waals surface area (Å²) in [6, 6.07) is 8.88. The molecule has 0 aromatic heterocycles. The Morgan fingerprint density at radius 2 is 1.65 bits per heavy atom. The van der Waals surface area contributed by atoms with E-state index in [1.54, 1.807) is 24.3 Å². The quantitative estimate of drug-likeness (QED) is 0.681. The zero-order valence-electron chi connectivity index (χ0n) is 12.6. The Morgan fingerprint density at radius 3 is 2.20 bits per heavy atom. The number of rotatable bonds is 3. The first kappa shape index (κ1) is 15.0. The molecule has 0 atom stereocenters. The first-order valence-electron chi connectivity index (χ1n) is 6.99. The normalized spacial score (nSPS) is 21.4. The monoisotopic (exact) mass is 277 g/mol. The number of carbonyl (C=O) groups excluding carboxylic acids is 1. The molecule has 1 aromatic rings. The van der Waals surface area contributed by atoms with E-state index in [4.69, 9.17) is 9.78 Å². The van der Waals surface area contributed by atoms with Crippen molar-refractivity contribution < 1.29 is 14.6 Å². The minimum absolute atomic E-state index is 0.0361. The molecule has 1 N–H and O–H groups in total. The molecule has 1 aliphatic rings. The summed E-state index contributed by atoms with van der Waals surface area (Å²) < 4.78 is 0. The zero-order valence-corrected chi connectivity index (χ0v) is 12.6. The van der Waals surface area contributed by atoms with Crippen LogP contribution in [0, 0.1) is 0 Å². The molecule has 1 fully saturated rings. The molecule has 0 amide bonds. The molecular weight excluding hydrogens is 254 g/mol. The van der Waals surface area contributed by atoms with Crippen LogP contribution >= 0.6 is 0 Å². The van der Waals surface area contributed by atoms with Gasteiger partial charge in [-0.05, 0) is 52.7 Å². The second kappa shape index (κ2) is 5.54. The highest BCUT2D eigenvalue weighted by Gasteiger charge is 2.39. The Kier molecular flexibility index (Phi) is 4.16. The van der Waals surface area contributed by atoms with Crippen molar-refractivity contribution in [2.45, 2.75) is 57.7 Å². The molecule has 0 bridgehead atoms. The summed E-state index contributed by atoms with van der Waals surface area (Å²) in [6.45, 7) is 8.51. The van der Waals surface area contributed by atoms with Gasteiger partial charge in [0, 0.05) is 11.1 Å². The van der Waals surface area contributed by atoms with Gasteiger partial charge in [-0.1, -0.05) is 18.2 Å². The van der Waals surface area contributed by atoms with E-state index in [9.17, 15) is 4.79 Å². The van der Waals surface area contributed by atoms with Gasteiger partial charge in [-0.2, -0.15) is 4.89 Å². The Bertz CT molecular complexity index is 452. The van der Waals surface area contributed by atoms with Crippen molar-refractivity contribution in [3.63, 3.8) is 0 Å². The van der Waals surface area contributed by atoms with Gasteiger partial charge in [-0.3, -0.25) is 4.89 Å². The van der Waals surface area contributed by atoms with Gasteiger partial charge >= 0.3 is 5.97 Å². The summed E-state index contributed by atoms with van der Waals surface area (Å²) in [7, 11) is 0. The number of hydrogen-bond donors (Lipinski definition) is 1. The van der Waals surface area contributed by atoms with Gasteiger partial charge in [0.2, 0.25) is 0 Å². The maximum Gasteiger partial charge on any atom is 0.373 e. The smallest absolute Gasteiger partial charge is 0.307 e. The first-order chi connectivity index (χ1) is 9.27. The highest BCUT2D eigenvalue weighted by Crippen LogP contribution is 2.30. The molecule has 1 aromatic carbocycles. The van der Waals surface area contributed by atoms with E-state index in [2.05, 4.69) is 33.0 Å². The molecule has 0 aliphatic carbocycles. The predicted octanol–water partition coefficient (Wildman–Crippen LogP) is 3.08. The molecule has 0 unspecified atom stereocenters. The van der Waals surface area contributed by atoms with Gasteiger partial charge in [-0.15, -0.1) is 0 Å². The lowest BCUT2D eigenvalue weighted by atomic mass is 9.81. The van der Waals surface area contributed by atoms with Crippen molar-refractivity contribution in [3.05, 3.63) is 35.9 Å². The summed E-state index contributed by atoms with van der Waals surface area (Å²) >= 11 is 0. The fourth-order valence-corrected chi connectivity index (χ4v) is 3.03. The predicted molar refractivity (Wildman–Crippen MR) is 77.3 cm³/mol. The van der Waals surface area contributed by atoms with Gasteiger partial charge in [0.05, 0.1) is 5.56 Å². The number of carbonyl (C=O) groups is 1. The second-order valence-corrected chi connectivity index (χ2v) is 6.76. The van der Waals surface area contributed by atoms with Crippen LogP contribution in [0.2, 0.25) is 0 Å². The molecule has 1 saturated heterocycles. The molecule has 20 heavy (non-hydrogen) atoms. The Morgan fingerprint density at radius 1 is 1.10 bits per heavy atom. The third-order valence-corrected chi connectivity index (χ3v) is 3.42. The molecule has 110 valence electrons. The average molecular weight is 277 g/mol. The number of nitrogens with one attached hydrogen (secondary N) is 1. The van der Waals surface area contributed by atoms with Crippen LogP contribution in [-0.4, -0.2) is 23.2 Å². The molecule has 4 heteroatoms. The fraction of sp³-hybridized carbons (Fsp3) is 0.562. The van der Waals surface area contributed by atoms with Crippen LogP contribution in [0.5, 0.6) is 0 Å². The van der Waals surface area contributed by atoms with E-state index in [0.29, 0.717) is 5.56 Å². The highest BCUT2D eigenvalue weighted by molar-refractivity contribution is 5.88. The van der Waals surface area contributed by atoms with E-state index in [-0.39, 0.29) is 17.2 Å². The van der Waals surface area contributed by atoms with Crippen molar-refractivity contribution in [1.29, 1.82) is 0 Å². The van der Waals surface area contributed by atoms with E-state index >= 15 is 0 Å². The van der Waals surface area contributed by atoms with Gasteiger partial charge in [0.25, 0.3) is 0 Å². The standard InChI is InChI=1S/C16H23NO3/c1-15(2)10-13(11-16(3,4)17-15)19-20-14(18)12-8-6-5-7-9-12/h5-9,13,17H,10-11H2,1-4H3. The molecule has 0 saturated carbocycles. The van der Waals surface area contributed by atoms with E-state index in [1.165, 1.54) is 0 Å². The number of piperidine rings is 1. The highest BCUT2D eigenvalue weighted by atomic mass is 17.2. The Balaban J connectivity index is 1.92. The first-order valence-corrected chi connectivity index (χ1v) is 6.99. The molecular formula is C16H23NO3. The van der Waals surface area contributed by atoms with Crippen LogP contribution in [0.4, 0.5) is 0 Å². The van der Waals surface area contributed by atoms with E-state index in [0.717, 1.165) is 12.8 Å². The van der Waals surface area contributed by atoms with Crippen LogP contribution in [0.15, 0.2) is 30.3 Å². The summed E-state index contributed by atoms with van der Waals surface area (Å²) in [5, 5.41) is 3.56. The lowest BCUT2D eigenvalue weighted by molar-refractivity contribution is -0.287. The maximum atomic E-state index is 11.8. The topological polar surface area (TPSA) is 47.6 Å². The zero-order chi connectivity index (χ0) is 14.8. The molecule has 0 spiro atoms. The summed E-state index contributed by atoms with van der Waals surface area (Å²) in [4.78, 5) is 22.2. The second-order valence-electron chi connectivity index (χ2n) is 6.76. The third kappa shape index (κ3) is 4.05. The van der Waals surface area contributed by atoms with Crippen LogP contribution in [0.1, 0.15) is 50.9 Å². The fourth-order valence-electron chi connectivity index (χ4n) is 3.03. The van der Waals surface area contributed by atoms with Crippen molar-refractivity contribution in [2.24, 2.45) is 0 Å². The van der Waals surface area contributed by atoms with Crippen LogP contribution in [0.25, 0.3) is 0 Å². The molecule has 4 nitrogen and oxygen atoms in total. The van der Waals surface area contributed by atoms with Crippen LogP contribution < -0.4 is 5.32 Å². The molecule has 1 heterocycles. The maximum absolute atomic E-state index is 11.8. The average Bonchev–Trinajstić information content (AvgIpc) is 2.33. The molecule has 0 radical (unpaired) electrons. The van der Waals surface area contributed by atoms with Crippen LogP contribution in [0.3, 0.4) is 0 Å². The minimum Gasteiger partial charge on any atom is -0.307 e. The Labute approximate surface area is 120 Å². The largest absolute Gasteiger partial charge is 0.373 e. The van der Waals surface area contributed by atoms with Gasteiger partial charge in [0.1, 0.15) is 6.10 Å². The lowest BCUT2D eigenvalue weighted by Gasteiger charge is -2.45. The van der Waals surface area contributed by atoms with Crippen molar-refractivity contribution in [2.75, 3.05) is 0 Å². The third-order valence-electron chi connectivity index (χ3n) is 3.42. The van der Waals surface area contributed by atoms with Gasteiger partial charge in [0.15, 0.2) is 0 Å². The van der Waals surface area contributed by atoms with Crippen LogP contribution in [-0.2, 0) is 9.78 Å². The Hall–Kier alpha value is -1.39. The molecule has 1 aliphatic heterocycles. The van der Waals surface area contributed by atoms with E-state index < -0.39 is 5.97 Å². The minimum atomic E-state index is -0.445. The SMILES string of the molecule is CC1(C)CC(OOC(=O)c2ccccc2)CC(C)(C)N1. The summed E-state index contributed by atoms with van der Waals surface area (Å²) in [6.07, 6.45) is 1.52. The van der Waals surface area contributed by atoms with E-state index in [1.807, 2.05) is 6.07 Å².